The first-order chi connectivity index (χ1) is 9.51. The number of aromatic nitrogens is 2. The summed E-state index contributed by atoms with van der Waals surface area (Å²) in [6.45, 7) is 0. The fourth-order valence-corrected chi connectivity index (χ4v) is 4.24. The van der Waals surface area contributed by atoms with E-state index in [0.29, 0.717) is 11.3 Å². The first-order valence-electron chi connectivity index (χ1n) is 5.85. The van der Waals surface area contributed by atoms with Crippen LogP contribution in [0.15, 0.2) is 46.5 Å². The molecule has 7 heteroatoms. The maximum absolute atomic E-state index is 12.2. The molecule has 0 aliphatic carbocycles. The Kier molecular flexibility index (Phi) is 4.47. The molecule has 1 heterocycles. The van der Waals surface area contributed by atoms with Crippen LogP contribution < -0.4 is 0 Å². The van der Waals surface area contributed by atoms with Crippen molar-refractivity contribution in [3.63, 3.8) is 0 Å². The molecule has 0 fully saturated rings. The first-order valence-corrected chi connectivity index (χ1v) is 8.49. The van der Waals surface area contributed by atoms with Gasteiger partial charge in [0.15, 0.2) is 9.84 Å². The average molecular weight is 307 g/mol. The van der Waals surface area contributed by atoms with E-state index in [0.717, 1.165) is 4.90 Å². The molecule has 0 unspecified atom stereocenters. The number of rotatable bonds is 5. The van der Waals surface area contributed by atoms with Gasteiger partial charge < -0.3 is 0 Å². The van der Waals surface area contributed by atoms with Gasteiger partial charge in [-0.1, -0.05) is 6.07 Å². The van der Waals surface area contributed by atoms with Gasteiger partial charge in [-0.25, -0.2) is 8.42 Å². The Bertz CT molecular complexity index is 745. The van der Waals surface area contributed by atoms with Crippen LogP contribution in [0.3, 0.4) is 0 Å². The van der Waals surface area contributed by atoms with Gasteiger partial charge in [0.25, 0.3) is 0 Å². The van der Waals surface area contributed by atoms with Crippen LogP contribution in [0.4, 0.5) is 0 Å². The van der Waals surface area contributed by atoms with Gasteiger partial charge in [0, 0.05) is 23.9 Å². The van der Waals surface area contributed by atoms with Gasteiger partial charge in [-0.2, -0.15) is 10.4 Å². The summed E-state index contributed by atoms with van der Waals surface area (Å²) in [5.74, 6) is 0.478. The molecule has 0 amide bonds. The number of hydrogen-bond acceptors (Lipinski definition) is 5. The van der Waals surface area contributed by atoms with Crippen LogP contribution in [0.2, 0.25) is 0 Å². The lowest BCUT2D eigenvalue weighted by Gasteiger charge is -2.04. The predicted molar refractivity (Wildman–Crippen MR) is 77.1 cm³/mol. The van der Waals surface area contributed by atoms with E-state index in [4.69, 9.17) is 5.26 Å². The summed E-state index contributed by atoms with van der Waals surface area (Å²) in [5, 5.41) is 12.8. The SMILES string of the molecule is Cn1cc(SCCS(=O)(=O)c2cccc(C#N)c2)cn1. The van der Waals surface area contributed by atoms with Crippen molar-refractivity contribution in [1.29, 1.82) is 5.26 Å². The third-order valence-electron chi connectivity index (χ3n) is 2.62. The zero-order chi connectivity index (χ0) is 14.6. The maximum Gasteiger partial charge on any atom is 0.179 e. The second-order valence-corrected chi connectivity index (χ2v) is 7.43. The molecule has 20 heavy (non-hydrogen) atoms. The molecule has 104 valence electrons. The smallest absolute Gasteiger partial charge is 0.179 e. The van der Waals surface area contributed by atoms with Crippen LogP contribution in [0.1, 0.15) is 5.56 Å². The monoisotopic (exact) mass is 307 g/mol. The van der Waals surface area contributed by atoms with E-state index < -0.39 is 9.84 Å². The molecule has 0 N–H and O–H groups in total. The Morgan fingerprint density at radius 2 is 2.25 bits per heavy atom. The van der Waals surface area contributed by atoms with Crippen molar-refractivity contribution in [3.8, 4) is 6.07 Å². The number of sulfone groups is 1. The van der Waals surface area contributed by atoms with Gasteiger partial charge >= 0.3 is 0 Å². The molecule has 5 nitrogen and oxygen atoms in total. The van der Waals surface area contributed by atoms with Gasteiger partial charge in [-0.3, -0.25) is 4.68 Å². The Hall–Kier alpha value is -1.78. The summed E-state index contributed by atoms with van der Waals surface area (Å²) in [5.41, 5.74) is 0.353. The van der Waals surface area contributed by atoms with Crippen molar-refractivity contribution in [2.45, 2.75) is 9.79 Å². The standard InChI is InChI=1S/C13H13N3O2S2/c1-16-10-12(9-15-16)19-5-6-20(17,18)13-4-2-3-11(7-13)8-14/h2-4,7,9-10H,5-6H2,1H3. The normalized spacial score (nSPS) is 11.2. The molecule has 0 spiro atoms. The Balaban J connectivity index is 2.02. The minimum Gasteiger partial charge on any atom is -0.275 e. The third kappa shape index (κ3) is 3.62. The van der Waals surface area contributed by atoms with Crippen molar-refractivity contribution in [2.75, 3.05) is 11.5 Å². The molecule has 0 radical (unpaired) electrons. The minimum atomic E-state index is -3.36. The van der Waals surface area contributed by atoms with Crippen molar-refractivity contribution in [1.82, 2.24) is 9.78 Å². The molecule has 0 aliphatic rings. The van der Waals surface area contributed by atoms with E-state index in [1.807, 2.05) is 19.3 Å². The summed E-state index contributed by atoms with van der Waals surface area (Å²) in [6.07, 6.45) is 3.54. The molecule has 0 atom stereocenters. The number of nitriles is 1. The molecule has 2 rings (SSSR count). The highest BCUT2D eigenvalue weighted by atomic mass is 32.2. The largest absolute Gasteiger partial charge is 0.275 e. The fourth-order valence-electron chi connectivity index (χ4n) is 1.62. The second-order valence-electron chi connectivity index (χ2n) is 4.16. The van der Waals surface area contributed by atoms with Crippen LogP contribution in [-0.2, 0) is 16.9 Å². The summed E-state index contributed by atoms with van der Waals surface area (Å²) < 4.78 is 26.0. The Morgan fingerprint density at radius 3 is 2.90 bits per heavy atom. The number of benzene rings is 1. The molecule has 0 bridgehead atoms. The van der Waals surface area contributed by atoms with Gasteiger partial charge in [0.2, 0.25) is 0 Å². The van der Waals surface area contributed by atoms with Crippen molar-refractivity contribution in [2.24, 2.45) is 7.05 Å². The van der Waals surface area contributed by atoms with E-state index in [9.17, 15) is 8.42 Å². The number of hydrogen-bond donors (Lipinski definition) is 0. The van der Waals surface area contributed by atoms with Gasteiger partial charge in [-0.05, 0) is 18.2 Å². The topological polar surface area (TPSA) is 75.8 Å². The van der Waals surface area contributed by atoms with Crippen LogP contribution in [0.25, 0.3) is 0 Å². The zero-order valence-corrected chi connectivity index (χ0v) is 12.5. The zero-order valence-electron chi connectivity index (χ0n) is 10.9. The molecule has 1 aromatic carbocycles. The summed E-state index contributed by atoms with van der Waals surface area (Å²) in [6, 6.07) is 8.04. The van der Waals surface area contributed by atoms with E-state index in [1.165, 1.54) is 23.9 Å². The first kappa shape index (κ1) is 14.6. The molecule has 1 aromatic heterocycles. The molecule has 2 aromatic rings. The highest BCUT2D eigenvalue weighted by molar-refractivity contribution is 8.00. The summed E-state index contributed by atoms with van der Waals surface area (Å²) in [4.78, 5) is 1.14. The fraction of sp³-hybridized carbons (Fsp3) is 0.231. The minimum absolute atomic E-state index is 0.0292. The lowest BCUT2D eigenvalue weighted by atomic mass is 10.2. The van der Waals surface area contributed by atoms with Crippen LogP contribution in [0, 0.1) is 11.3 Å². The van der Waals surface area contributed by atoms with E-state index in [2.05, 4.69) is 5.10 Å². The second kappa shape index (κ2) is 6.11. The van der Waals surface area contributed by atoms with Crippen LogP contribution in [0.5, 0.6) is 0 Å². The molecular weight excluding hydrogens is 294 g/mol. The van der Waals surface area contributed by atoms with Crippen LogP contribution >= 0.6 is 11.8 Å². The van der Waals surface area contributed by atoms with Crippen LogP contribution in [-0.4, -0.2) is 29.7 Å². The van der Waals surface area contributed by atoms with Crippen molar-refractivity contribution in [3.05, 3.63) is 42.2 Å². The quantitative estimate of drug-likeness (QED) is 0.788. The van der Waals surface area contributed by atoms with Gasteiger partial charge in [0.05, 0.1) is 28.5 Å². The Morgan fingerprint density at radius 1 is 1.45 bits per heavy atom. The molecule has 0 saturated carbocycles. The van der Waals surface area contributed by atoms with Crippen molar-refractivity contribution < 1.29 is 8.42 Å². The highest BCUT2D eigenvalue weighted by Crippen LogP contribution is 2.19. The summed E-state index contributed by atoms with van der Waals surface area (Å²) >= 11 is 1.45. The lowest BCUT2D eigenvalue weighted by molar-refractivity contribution is 0.597. The number of thioether (sulfide) groups is 1. The van der Waals surface area contributed by atoms with Crippen molar-refractivity contribution >= 4 is 21.6 Å². The summed E-state index contributed by atoms with van der Waals surface area (Å²) in [7, 11) is -1.54. The van der Waals surface area contributed by atoms with Gasteiger partial charge in [-0.15, -0.1) is 11.8 Å². The molecule has 0 saturated heterocycles. The molecular formula is C13H13N3O2S2. The van der Waals surface area contributed by atoms with E-state index in [1.54, 1.807) is 23.0 Å². The number of aryl methyl sites for hydroxylation is 1. The third-order valence-corrected chi connectivity index (χ3v) is 5.55. The average Bonchev–Trinajstić information content (AvgIpc) is 2.84. The van der Waals surface area contributed by atoms with E-state index >= 15 is 0 Å². The number of nitrogens with zero attached hydrogens (tertiary/aromatic N) is 3. The molecule has 0 aliphatic heterocycles. The Labute approximate surface area is 122 Å². The van der Waals surface area contributed by atoms with E-state index in [-0.39, 0.29) is 10.6 Å². The highest BCUT2D eigenvalue weighted by Gasteiger charge is 2.15. The lowest BCUT2D eigenvalue weighted by Crippen LogP contribution is -2.09. The predicted octanol–water partition coefficient (Wildman–Crippen LogP) is 1.86. The van der Waals surface area contributed by atoms with Gasteiger partial charge in [0.1, 0.15) is 0 Å². The maximum atomic E-state index is 12.2.